The number of carboxylic acid groups (broad SMARTS) is 1. The third kappa shape index (κ3) is 3.66. The van der Waals surface area contributed by atoms with Gasteiger partial charge in [0.2, 0.25) is 0 Å². The van der Waals surface area contributed by atoms with E-state index in [1.54, 1.807) is 24.3 Å². The summed E-state index contributed by atoms with van der Waals surface area (Å²) in [6.07, 6.45) is 1.20. The number of fused-ring (bicyclic) bond motifs is 3. The molecule has 2 atom stereocenters. The number of benzene rings is 3. The zero-order valence-electron chi connectivity index (χ0n) is 18.2. The first kappa shape index (κ1) is 22.2. The Labute approximate surface area is 203 Å². The van der Waals surface area contributed by atoms with E-state index in [0.717, 1.165) is 21.3 Å². The maximum atomic E-state index is 13.5. The number of rotatable bonds is 5. The quantitative estimate of drug-likeness (QED) is 0.467. The van der Waals surface area contributed by atoms with Gasteiger partial charge in [-0.05, 0) is 66.2 Å². The SMILES string of the molecule is COc1ccc([C@H]2Oc3ccc(Br)cc3[C@@H]3C=C(c4ccc(F)cc4)NN23)c(C(=O)O)c1OC. The Morgan fingerprint density at radius 3 is 2.53 bits per heavy atom. The Kier molecular flexibility index (Phi) is 5.66. The molecule has 0 aliphatic carbocycles. The van der Waals surface area contributed by atoms with E-state index in [1.165, 1.54) is 26.4 Å². The van der Waals surface area contributed by atoms with Gasteiger partial charge in [-0.15, -0.1) is 0 Å². The summed E-state index contributed by atoms with van der Waals surface area (Å²) < 4.78 is 31.4. The van der Waals surface area contributed by atoms with E-state index in [1.807, 2.05) is 29.3 Å². The number of carbonyl (C=O) groups is 1. The van der Waals surface area contributed by atoms with Crippen LogP contribution in [0.25, 0.3) is 5.70 Å². The number of ether oxygens (including phenoxy) is 3. The Balaban J connectivity index is 1.65. The molecule has 0 aromatic heterocycles. The van der Waals surface area contributed by atoms with Gasteiger partial charge in [0.1, 0.15) is 17.1 Å². The monoisotopic (exact) mass is 526 g/mol. The fourth-order valence-electron chi connectivity index (χ4n) is 4.34. The fraction of sp³-hybridized carbons (Fsp3) is 0.160. The zero-order valence-corrected chi connectivity index (χ0v) is 19.8. The first-order chi connectivity index (χ1) is 16.4. The Morgan fingerprint density at radius 2 is 1.85 bits per heavy atom. The predicted octanol–water partition coefficient (Wildman–Crippen LogP) is 5.30. The molecule has 0 amide bonds. The van der Waals surface area contributed by atoms with Gasteiger partial charge in [-0.2, -0.15) is 5.01 Å². The highest BCUT2D eigenvalue weighted by Gasteiger charge is 2.42. The lowest BCUT2D eigenvalue weighted by Crippen LogP contribution is -2.43. The molecule has 9 heteroatoms. The molecule has 0 fully saturated rings. The summed E-state index contributed by atoms with van der Waals surface area (Å²) in [5.41, 5.74) is 6.12. The van der Waals surface area contributed by atoms with Gasteiger partial charge < -0.3 is 24.7 Å². The van der Waals surface area contributed by atoms with Crippen molar-refractivity contribution in [1.29, 1.82) is 0 Å². The number of hydrazine groups is 1. The number of methoxy groups -OCH3 is 2. The molecule has 3 aromatic rings. The summed E-state index contributed by atoms with van der Waals surface area (Å²) in [7, 11) is 2.85. The fourth-order valence-corrected chi connectivity index (χ4v) is 4.71. The molecular weight excluding hydrogens is 507 g/mol. The van der Waals surface area contributed by atoms with E-state index in [0.29, 0.717) is 17.1 Å². The van der Waals surface area contributed by atoms with Gasteiger partial charge in [0.05, 0.1) is 26.0 Å². The third-order valence-electron chi connectivity index (χ3n) is 5.87. The maximum absolute atomic E-state index is 13.5. The molecule has 7 nitrogen and oxygen atoms in total. The van der Waals surface area contributed by atoms with Crippen molar-refractivity contribution in [3.05, 3.63) is 93.2 Å². The van der Waals surface area contributed by atoms with E-state index in [-0.39, 0.29) is 23.2 Å². The third-order valence-corrected chi connectivity index (χ3v) is 6.36. The second-order valence-electron chi connectivity index (χ2n) is 7.77. The van der Waals surface area contributed by atoms with Crippen LogP contribution in [-0.2, 0) is 0 Å². The number of hydrogen-bond acceptors (Lipinski definition) is 6. The normalized spacial score (nSPS) is 18.8. The summed E-state index contributed by atoms with van der Waals surface area (Å²) in [4.78, 5) is 12.3. The van der Waals surface area contributed by atoms with Gasteiger partial charge in [-0.3, -0.25) is 0 Å². The van der Waals surface area contributed by atoms with Crippen LogP contribution in [0.15, 0.2) is 65.1 Å². The number of carboxylic acids is 1. The molecule has 174 valence electrons. The molecule has 2 heterocycles. The number of hydrogen-bond donors (Lipinski definition) is 2. The summed E-state index contributed by atoms with van der Waals surface area (Å²) in [6.45, 7) is 0. The topological polar surface area (TPSA) is 80.3 Å². The van der Waals surface area contributed by atoms with Gasteiger partial charge in [0.25, 0.3) is 0 Å². The molecule has 2 aliphatic heterocycles. The number of halogens is 2. The van der Waals surface area contributed by atoms with Crippen molar-refractivity contribution in [3.63, 3.8) is 0 Å². The largest absolute Gasteiger partial charge is 0.493 e. The Hall–Kier alpha value is -3.56. The van der Waals surface area contributed by atoms with Crippen LogP contribution in [0.3, 0.4) is 0 Å². The Bertz CT molecular complexity index is 1310. The molecule has 0 saturated heterocycles. The van der Waals surface area contributed by atoms with Crippen LogP contribution in [0.5, 0.6) is 17.2 Å². The van der Waals surface area contributed by atoms with Crippen molar-refractivity contribution in [2.24, 2.45) is 0 Å². The van der Waals surface area contributed by atoms with Gasteiger partial charge in [0.15, 0.2) is 17.7 Å². The van der Waals surface area contributed by atoms with Crippen LogP contribution >= 0.6 is 15.9 Å². The molecule has 2 N–H and O–H groups in total. The second-order valence-corrected chi connectivity index (χ2v) is 8.69. The first-order valence-corrected chi connectivity index (χ1v) is 11.2. The standard InChI is InChI=1S/C25H20BrFN2O5/c1-32-21-10-8-16(22(25(30)31)23(21)33-2)24-29-19(17-11-14(26)5-9-20(17)34-24)12-18(28-29)13-3-6-15(27)7-4-13/h3-12,19,24,28H,1-2H3,(H,30,31)/t19-,24+/m0/s1. The molecule has 0 spiro atoms. The van der Waals surface area contributed by atoms with E-state index in [2.05, 4.69) is 21.4 Å². The van der Waals surface area contributed by atoms with Gasteiger partial charge >= 0.3 is 5.97 Å². The van der Waals surface area contributed by atoms with E-state index < -0.39 is 12.2 Å². The van der Waals surface area contributed by atoms with Crippen LogP contribution in [0, 0.1) is 5.82 Å². The summed E-state index contributed by atoms with van der Waals surface area (Å²) in [5.74, 6) is -0.454. The highest BCUT2D eigenvalue weighted by molar-refractivity contribution is 9.10. The lowest BCUT2D eigenvalue weighted by molar-refractivity contribution is -0.0334. The van der Waals surface area contributed by atoms with Crippen LogP contribution in [-0.4, -0.2) is 30.3 Å². The number of nitrogens with zero attached hydrogens (tertiary/aromatic N) is 1. The summed E-state index contributed by atoms with van der Waals surface area (Å²) in [5, 5.41) is 11.9. The molecule has 0 unspecified atom stereocenters. The maximum Gasteiger partial charge on any atom is 0.340 e. The van der Waals surface area contributed by atoms with Crippen molar-refractivity contribution in [2.75, 3.05) is 14.2 Å². The van der Waals surface area contributed by atoms with Crippen molar-refractivity contribution in [3.8, 4) is 17.2 Å². The van der Waals surface area contributed by atoms with Gasteiger partial charge in [-0.1, -0.05) is 15.9 Å². The average molecular weight is 527 g/mol. The summed E-state index contributed by atoms with van der Waals surface area (Å²) in [6, 6.07) is 14.9. The van der Waals surface area contributed by atoms with Crippen LogP contribution in [0.4, 0.5) is 4.39 Å². The van der Waals surface area contributed by atoms with Crippen LogP contribution in [0.2, 0.25) is 0 Å². The smallest absolute Gasteiger partial charge is 0.340 e. The van der Waals surface area contributed by atoms with Crippen molar-refractivity contribution < 1.29 is 28.5 Å². The van der Waals surface area contributed by atoms with Gasteiger partial charge in [-0.25, -0.2) is 9.18 Å². The minimum absolute atomic E-state index is 0.0526. The lowest BCUT2D eigenvalue weighted by Gasteiger charge is -2.39. The highest BCUT2D eigenvalue weighted by Crippen LogP contribution is 2.48. The molecule has 34 heavy (non-hydrogen) atoms. The van der Waals surface area contributed by atoms with Crippen LogP contribution < -0.4 is 19.6 Å². The molecule has 5 rings (SSSR count). The minimum Gasteiger partial charge on any atom is -0.493 e. The molecule has 0 saturated carbocycles. The summed E-state index contributed by atoms with van der Waals surface area (Å²) >= 11 is 3.52. The molecule has 0 bridgehead atoms. The van der Waals surface area contributed by atoms with Gasteiger partial charge in [0, 0.05) is 15.6 Å². The van der Waals surface area contributed by atoms with E-state index >= 15 is 0 Å². The van der Waals surface area contributed by atoms with Crippen molar-refractivity contribution in [2.45, 2.75) is 12.3 Å². The molecule has 0 radical (unpaired) electrons. The van der Waals surface area contributed by atoms with Crippen molar-refractivity contribution >= 4 is 27.6 Å². The molecular formula is C25H20BrFN2O5. The van der Waals surface area contributed by atoms with E-state index in [4.69, 9.17) is 14.2 Å². The number of nitrogens with one attached hydrogen (secondary N) is 1. The second kappa shape index (κ2) is 8.66. The first-order valence-electron chi connectivity index (χ1n) is 10.4. The lowest BCUT2D eigenvalue weighted by atomic mass is 9.98. The molecule has 3 aromatic carbocycles. The zero-order chi connectivity index (χ0) is 24.0. The van der Waals surface area contributed by atoms with E-state index in [9.17, 15) is 14.3 Å². The predicted molar refractivity (Wildman–Crippen MR) is 126 cm³/mol. The Morgan fingerprint density at radius 1 is 1.09 bits per heavy atom. The van der Waals surface area contributed by atoms with Crippen molar-refractivity contribution in [1.82, 2.24) is 10.4 Å². The minimum atomic E-state index is -1.17. The average Bonchev–Trinajstić information content (AvgIpc) is 3.29. The van der Waals surface area contributed by atoms with Crippen LogP contribution in [0.1, 0.15) is 39.3 Å². The highest BCUT2D eigenvalue weighted by atomic mass is 79.9. The number of aromatic carboxylic acids is 1. The molecule has 2 aliphatic rings.